The van der Waals surface area contributed by atoms with Crippen LogP contribution in [-0.4, -0.2) is 16.2 Å². The van der Waals surface area contributed by atoms with Crippen LogP contribution in [0.4, 0.5) is 5.69 Å². The molecule has 0 aliphatic rings. The molecule has 0 fully saturated rings. The number of rotatable bonds is 4. The smallest absolute Gasteiger partial charge is 0.193 e. The van der Waals surface area contributed by atoms with Crippen LogP contribution < -0.4 is 11.1 Å². The number of nitrogens with one attached hydrogen (secondary N) is 1. The Kier molecular flexibility index (Phi) is 7.40. The predicted molar refractivity (Wildman–Crippen MR) is 109 cm³/mol. The van der Waals surface area contributed by atoms with Crippen molar-refractivity contribution in [2.45, 2.75) is 46.1 Å². The van der Waals surface area contributed by atoms with Gasteiger partial charge >= 0.3 is 0 Å². The van der Waals surface area contributed by atoms with Gasteiger partial charge in [0.1, 0.15) is 10.0 Å². The average Bonchev–Trinajstić information content (AvgIpc) is 2.95. The number of hydrogen-bond acceptors (Lipinski definition) is 4. The molecule has 0 atom stereocenters. The highest BCUT2D eigenvalue weighted by Crippen LogP contribution is 2.25. The van der Waals surface area contributed by atoms with Gasteiger partial charge in [0.15, 0.2) is 5.96 Å². The zero-order valence-electron chi connectivity index (χ0n) is 14.0. The SMILES string of the molecule is CCc1ccc(NC(N)=NCc2nnc(C(C)(C)C)s2)cc1.I. The zero-order chi connectivity index (χ0) is 16.2. The molecule has 1 aromatic heterocycles. The maximum Gasteiger partial charge on any atom is 0.193 e. The minimum Gasteiger partial charge on any atom is -0.370 e. The zero-order valence-corrected chi connectivity index (χ0v) is 17.1. The second-order valence-corrected chi connectivity index (χ2v) is 7.19. The van der Waals surface area contributed by atoms with Gasteiger partial charge in [-0.25, -0.2) is 4.99 Å². The van der Waals surface area contributed by atoms with Crippen LogP contribution in [0.25, 0.3) is 0 Å². The van der Waals surface area contributed by atoms with Gasteiger partial charge in [-0.1, -0.05) is 51.2 Å². The van der Waals surface area contributed by atoms with E-state index >= 15 is 0 Å². The third-order valence-corrected chi connectivity index (χ3v) is 4.46. The lowest BCUT2D eigenvalue weighted by molar-refractivity contribution is 0.577. The van der Waals surface area contributed by atoms with Gasteiger partial charge in [0.2, 0.25) is 0 Å². The molecule has 0 radical (unpaired) electrons. The predicted octanol–water partition coefficient (Wildman–Crippen LogP) is 3.94. The van der Waals surface area contributed by atoms with E-state index in [4.69, 9.17) is 5.73 Å². The Morgan fingerprint density at radius 3 is 2.39 bits per heavy atom. The number of nitrogens with zero attached hydrogens (tertiary/aromatic N) is 3. The molecule has 0 saturated carbocycles. The lowest BCUT2D eigenvalue weighted by atomic mass is 9.98. The number of benzene rings is 1. The fraction of sp³-hybridized carbons (Fsp3) is 0.438. The number of halogens is 1. The third kappa shape index (κ3) is 6.06. The molecule has 0 amide bonds. The highest BCUT2D eigenvalue weighted by molar-refractivity contribution is 14.0. The normalized spacial score (nSPS) is 11.9. The van der Waals surface area contributed by atoms with Gasteiger partial charge in [-0.3, -0.25) is 0 Å². The van der Waals surface area contributed by atoms with Gasteiger partial charge in [-0.2, -0.15) is 0 Å². The standard InChI is InChI=1S/C16H23N5S.HI/c1-5-11-6-8-12(9-7-11)19-15(17)18-10-13-20-21-14(22-13)16(2,3)4;/h6-9H,5,10H2,1-4H3,(H3,17,18,19);1H. The van der Waals surface area contributed by atoms with Crippen molar-refractivity contribution >= 4 is 47.0 Å². The molecule has 2 aromatic rings. The number of hydrogen-bond donors (Lipinski definition) is 2. The second kappa shape index (κ2) is 8.58. The molecule has 1 heterocycles. The Hall–Kier alpha value is -1.22. The van der Waals surface area contributed by atoms with E-state index in [1.54, 1.807) is 11.3 Å². The molecule has 3 N–H and O–H groups in total. The number of aliphatic imine (C=N–C) groups is 1. The van der Waals surface area contributed by atoms with E-state index in [1.165, 1.54) is 5.56 Å². The van der Waals surface area contributed by atoms with Crippen molar-refractivity contribution in [1.29, 1.82) is 0 Å². The van der Waals surface area contributed by atoms with Crippen molar-refractivity contribution in [3.05, 3.63) is 39.8 Å². The van der Waals surface area contributed by atoms with E-state index in [-0.39, 0.29) is 29.4 Å². The van der Waals surface area contributed by atoms with Gasteiger partial charge in [0, 0.05) is 11.1 Å². The Morgan fingerprint density at radius 2 is 1.87 bits per heavy atom. The van der Waals surface area contributed by atoms with Crippen LogP contribution in [0.3, 0.4) is 0 Å². The van der Waals surface area contributed by atoms with Crippen LogP contribution in [0, 0.1) is 0 Å². The van der Waals surface area contributed by atoms with E-state index in [1.807, 2.05) is 12.1 Å². The summed E-state index contributed by atoms with van der Waals surface area (Å²) in [6, 6.07) is 8.17. The Balaban J connectivity index is 0.00000264. The first kappa shape index (κ1) is 19.8. The molecule has 23 heavy (non-hydrogen) atoms. The number of anilines is 1. The van der Waals surface area contributed by atoms with E-state index < -0.39 is 0 Å². The molecule has 0 saturated heterocycles. The maximum atomic E-state index is 5.91. The molecule has 0 aliphatic heterocycles. The van der Waals surface area contributed by atoms with Gasteiger partial charge < -0.3 is 11.1 Å². The van der Waals surface area contributed by atoms with Crippen LogP contribution in [0.2, 0.25) is 0 Å². The highest BCUT2D eigenvalue weighted by atomic mass is 127. The summed E-state index contributed by atoms with van der Waals surface area (Å²) in [7, 11) is 0. The molecule has 0 bridgehead atoms. The number of aromatic nitrogens is 2. The van der Waals surface area contributed by atoms with E-state index in [0.29, 0.717) is 12.5 Å². The first-order chi connectivity index (χ1) is 10.4. The van der Waals surface area contributed by atoms with Crippen LogP contribution >= 0.6 is 35.3 Å². The lowest BCUT2D eigenvalue weighted by Gasteiger charge is -2.12. The summed E-state index contributed by atoms with van der Waals surface area (Å²) in [6.45, 7) is 8.94. The summed E-state index contributed by atoms with van der Waals surface area (Å²) in [5.41, 5.74) is 8.16. The molecule has 0 aliphatic carbocycles. The summed E-state index contributed by atoms with van der Waals surface area (Å²) in [5, 5.41) is 13.3. The molecule has 1 aromatic carbocycles. The van der Waals surface area contributed by atoms with Crippen molar-refractivity contribution in [3.63, 3.8) is 0 Å². The number of guanidine groups is 1. The minimum atomic E-state index is 0. The summed E-state index contributed by atoms with van der Waals surface area (Å²) >= 11 is 1.58. The quantitative estimate of drug-likeness (QED) is 0.425. The molecule has 0 spiro atoms. The first-order valence-electron chi connectivity index (χ1n) is 7.37. The van der Waals surface area contributed by atoms with Crippen LogP contribution in [0.1, 0.15) is 43.3 Å². The van der Waals surface area contributed by atoms with Crippen molar-refractivity contribution in [1.82, 2.24) is 10.2 Å². The fourth-order valence-corrected chi connectivity index (χ4v) is 2.61. The lowest BCUT2D eigenvalue weighted by Crippen LogP contribution is -2.22. The van der Waals surface area contributed by atoms with Gasteiger partial charge in [-0.15, -0.1) is 34.2 Å². The second-order valence-electron chi connectivity index (χ2n) is 6.13. The summed E-state index contributed by atoms with van der Waals surface area (Å²) in [5.74, 6) is 0.386. The van der Waals surface area contributed by atoms with Gasteiger partial charge in [0.25, 0.3) is 0 Å². The summed E-state index contributed by atoms with van der Waals surface area (Å²) in [4.78, 5) is 4.32. The molecule has 5 nitrogen and oxygen atoms in total. The van der Waals surface area contributed by atoms with Gasteiger partial charge in [0.05, 0.1) is 6.54 Å². The summed E-state index contributed by atoms with van der Waals surface area (Å²) < 4.78 is 0. The van der Waals surface area contributed by atoms with Crippen LogP contribution in [0.15, 0.2) is 29.3 Å². The van der Waals surface area contributed by atoms with Crippen molar-refractivity contribution in [3.8, 4) is 0 Å². The summed E-state index contributed by atoms with van der Waals surface area (Å²) in [6.07, 6.45) is 1.02. The monoisotopic (exact) mass is 445 g/mol. The topological polar surface area (TPSA) is 76.2 Å². The third-order valence-electron chi connectivity index (χ3n) is 3.13. The van der Waals surface area contributed by atoms with Crippen LogP contribution in [-0.2, 0) is 18.4 Å². The fourth-order valence-electron chi connectivity index (χ4n) is 1.78. The van der Waals surface area contributed by atoms with Crippen molar-refractivity contribution in [2.75, 3.05) is 5.32 Å². The largest absolute Gasteiger partial charge is 0.370 e. The first-order valence-corrected chi connectivity index (χ1v) is 8.19. The van der Waals surface area contributed by atoms with E-state index in [9.17, 15) is 0 Å². The van der Waals surface area contributed by atoms with E-state index in [0.717, 1.165) is 22.1 Å². The average molecular weight is 445 g/mol. The van der Waals surface area contributed by atoms with Crippen molar-refractivity contribution in [2.24, 2.45) is 10.7 Å². The number of aryl methyl sites for hydroxylation is 1. The highest BCUT2D eigenvalue weighted by Gasteiger charge is 2.19. The minimum absolute atomic E-state index is 0. The number of nitrogens with two attached hydrogens (primary N) is 1. The van der Waals surface area contributed by atoms with Gasteiger partial charge in [-0.05, 0) is 24.1 Å². The molecule has 0 unspecified atom stereocenters. The van der Waals surface area contributed by atoms with Crippen LogP contribution in [0.5, 0.6) is 0 Å². The molecular weight excluding hydrogens is 421 g/mol. The maximum absolute atomic E-state index is 5.91. The Morgan fingerprint density at radius 1 is 1.22 bits per heavy atom. The van der Waals surface area contributed by atoms with E-state index in [2.05, 4.69) is 60.3 Å². The molecule has 2 rings (SSSR count). The Bertz CT molecular complexity index is 643. The molecule has 7 heteroatoms. The Labute approximate surface area is 158 Å². The molecular formula is C16H24IN5S. The molecule has 126 valence electrons. The van der Waals surface area contributed by atoms with Crippen molar-refractivity contribution < 1.29 is 0 Å².